The van der Waals surface area contributed by atoms with Crippen molar-refractivity contribution >= 4 is 19.7 Å². The highest BCUT2D eigenvalue weighted by Gasteiger charge is 2.15. The maximum Gasteiger partial charge on any atom is 0.256 e. The third-order valence-electron chi connectivity index (χ3n) is 2.25. The van der Waals surface area contributed by atoms with Crippen LogP contribution in [-0.2, 0) is 9.05 Å². The van der Waals surface area contributed by atoms with E-state index in [1.54, 1.807) is 0 Å². The van der Waals surface area contributed by atoms with Gasteiger partial charge in [0.25, 0.3) is 9.05 Å². The molecule has 0 aliphatic carbocycles. The number of halogens is 1. The Morgan fingerprint density at radius 3 is 2.38 bits per heavy atom. The highest BCUT2D eigenvalue weighted by Crippen LogP contribution is 2.15. The Balaban J connectivity index is 2.30. The zero-order chi connectivity index (χ0) is 9.90. The Bertz CT molecular complexity index is 281. The van der Waals surface area contributed by atoms with Gasteiger partial charge in [-0.25, -0.2) is 8.42 Å². The van der Waals surface area contributed by atoms with Crippen LogP contribution in [0.2, 0.25) is 0 Å². The first-order chi connectivity index (χ1) is 6.00. The Morgan fingerprint density at radius 2 is 1.92 bits per heavy atom. The van der Waals surface area contributed by atoms with E-state index in [4.69, 9.17) is 10.7 Å². The largest absolute Gasteiger partial charge is 0.303 e. The fourth-order valence-electron chi connectivity index (χ4n) is 1.41. The molecule has 0 radical (unpaired) electrons. The summed E-state index contributed by atoms with van der Waals surface area (Å²) < 4.78 is 21.6. The first kappa shape index (κ1) is 11.0. The highest BCUT2D eigenvalue weighted by atomic mass is 35.7. The van der Waals surface area contributed by atoms with Crippen LogP contribution >= 0.6 is 10.7 Å². The van der Waals surface area contributed by atoms with Crippen molar-refractivity contribution in [3.63, 3.8) is 0 Å². The van der Waals surface area contributed by atoms with Crippen molar-refractivity contribution < 1.29 is 8.42 Å². The predicted octanol–water partition coefficient (Wildman–Crippen LogP) is 1.55. The fourth-order valence-corrected chi connectivity index (χ4v) is 1.98. The average molecular weight is 224 g/mol. The van der Waals surface area contributed by atoms with Crippen LogP contribution in [0, 0.1) is 0 Å². The molecule has 0 atom stereocenters. The molecule has 0 aromatic carbocycles. The lowest BCUT2D eigenvalue weighted by Gasteiger charge is -2.13. The van der Waals surface area contributed by atoms with Crippen LogP contribution < -0.4 is 0 Å². The smallest absolute Gasteiger partial charge is 0.256 e. The molecule has 0 aromatic rings. The Kier molecular flexibility index (Phi) is 3.76. The van der Waals surface area contributed by atoms with E-state index in [1.807, 2.05) is 0 Å². The fraction of sp³-hybridized carbons (Fsp3) is 0.750. The molecule has 1 rings (SSSR count). The van der Waals surface area contributed by atoms with Crippen molar-refractivity contribution in [1.29, 1.82) is 0 Å². The Labute approximate surface area is 83.8 Å². The van der Waals surface area contributed by atoms with E-state index in [1.165, 1.54) is 12.8 Å². The van der Waals surface area contributed by atoms with Crippen molar-refractivity contribution in [1.82, 2.24) is 4.90 Å². The van der Waals surface area contributed by atoms with E-state index in [0.29, 0.717) is 6.42 Å². The molecule has 1 aliphatic rings. The molecule has 0 spiro atoms. The van der Waals surface area contributed by atoms with Crippen LogP contribution in [0.15, 0.2) is 11.5 Å². The first-order valence-electron chi connectivity index (χ1n) is 4.35. The minimum absolute atomic E-state index is 0.126. The van der Waals surface area contributed by atoms with Crippen molar-refractivity contribution in [2.24, 2.45) is 0 Å². The van der Waals surface area contributed by atoms with E-state index >= 15 is 0 Å². The summed E-state index contributed by atoms with van der Waals surface area (Å²) in [6.07, 6.45) is 2.87. The summed E-state index contributed by atoms with van der Waals surface area (Å²) in [5.41, 5.74) is 0. The number of nitrogens with zero attached hydrogens (tertiary/aromatic N) is 1. The van der Waals surface area contributed by atoms with Crippen LogP contribution in [0.4, 0.5) is 0 Å². The van der Waals surface area contributed by atoms with Gasteiger partial charge in [0, 0.05) is 17.2 Å². The van der Waals surface area contributed by atoms with Gasteiger partial charge in [-0.15, -0.1) is 0 Å². The van der Waals surface area contributed by atoms with Crippen molar-refractivity contribution in [2.45, 2.75) is 19.3 Å². The van der Waals surface area contributed by atoms with Gasteiger partial charge < -0.3 is 4.90 Å². The van der Waals surface area contributed by atoms with E-state index in [0.717, 1.165) is 19.6 Å². The van der Waals surface area contributed by atoms with Gasteiger partial charge in [-0.3, -0.25) is 0 Å². The summed E-state index contributed by atoms with van der Waals surface area (Å²) in [6, 6.07) is 0. The predicted molar refractivity (Wildman–Crippen MR) is 54.2 cm³/mol. The summed E-state index contributed by atoms with van der Waals surface area (Å²) >= 11 is 0. The average Bonchev–Trinajstić information content (AvgIpc) is 2.50. The van der Waals surface area contributed by atoms with Crippen LogP contribution in [-0.4, -0.2) is 33.0 Å². The third kappa shape index (κ3) is 3.67. The van der Waals surface area contributed by atoms with Gasteiger partial charge >= 0.3 is 0 Å². The second kappa shape index (κ2) is 4.44. The molecule has 1 saturated heterocycles. The molecule has 0 saturated carbocycles. The number of likely N-dealkylation sites (tertiary alicyclic amines) is 1. The van der Waals surface area contributed by atoms with E-state index in [9.17, 15) is 8.42 Å². The van der Waals surface area contributed by atoms with Gasteiger partial charge in [0.15, 0.2) is 0 Å². The first-order valence-corrected chi connectivity index (χ1v) is 6.66. The van der Waals surface area contributed by atoms with Crippen LogP contribution in [0.3, 0.4) is 0 Å². The van der Waals surface area contributed by atoms with E-state index in [2.05, 4.69) is 11.5 Å². The topological polar surface area (TPSA) is 37.4 Å². The molecule has 0 amide bonds. The van der Waals surface area contributed by atoms with Crippen LogP contribution in [0.5, 0.6) is 0 Å². The van der Waals surface area contributed by atoms with Crippen molar-refractivity contribution in [2.75, 3.05) is 19.6 Å². The second-order valence-electron chi connectivity index (χ2n) is 3.28. The maximum atomic E-state index is 10.8. The number of hydrogen-bond acceptors (Lipinski definition) is 3. The lowest BCUT2D eigenvalue weighted by Crippen LogP contribution is -2.21. The lowest BCUT2D eigenvalue weighted by molar-refractivity contribution is 0.345. The third-order valence-corrected chi connectivity index (χ3v) is 3.80. The normalized spacial score (nSPS) is 19.2. The zero-order valence-electron chi connectivity index (χ0n) is 7.50. The summed E-state index contributed by atoms with van der Waals surface area (Å²) in [7, 11) is 1.58. The molecular formula is C8H14ClNO2S. The molecular weight excluding hydrogens is 210 g/mol. The van der Waals surface area contributed by atoms with Gasteiger partial charge in [0.2, 0.25) is 0 Å². The monoisotopic (exact) mass is 223 g/mol. The van der Waals surface area contributed by atoms with Gasteiger partial charge in [-0.05, 0) is 32.4 Å². The quantitative estimate of drug-likeness (QED) is 0.679. The Hall–Kier alpha value is -0.0600. The Morgan fingerprint density at radius 1 is 1.38 bits per heavy atom. The molecule has 1 heterocycles. The molecule has 1 fully saturated rings. The van der Waals surface area contributed by atoms with Crippen molar-refractivity contribution in [3.8, 4) is 0 Å². The molecule has 76 valence electrons. The van der Waals surface area contributed by atoms with Crippen LogP contribution in [0.1, 0.15) is 19.3 Å². The summed E-state index contributed by atoms with van der Waals surface area (Å²) in [6.45, 7) is 6.33. The minimum atomic E-state index is -3.54. The van der Waals surface area contributed by atoms with Crippen LogP contribution in [0.25, 0.3) is 0 Å². The molecule has 13 heavy (non-hydrogen) atoms. The summed E-state index contributed by atoms with van der Waals surface area (Å²) in [5, 5.41) is 0. The van der Waals surface area contributed by atoms with Gasteiger partial charge in [-0.1, -0.05) is 6.58 Å². The van der Waals surface area contributed by atoms with E-state index < -0.39 is 9.05 Å². The van der Waals surface area contributed by atoms with Gasteiger partial charge in [0.05, 0.1) is 4.91 Å². The maximum absolute atomic E-state index is 10.8. The molecule has 0 bridgehead atoms. The standard InChI is InChI=1S/C8H14ClNO2S/c1-8(13(9,11)12)4-7-10-5-2-3-6-10/h1-7H2. The van der Waals surface area contributed by atoms with Gasteiger partial charge in [-0.2, -0.15) is 0 Å². The minimum Gasteiger partial charge on any atom is -0.303 e. The van der Waals surface area contributed by atoms with E-state index in [-0.39, 0.29) is 4.91 Å². The van der Waals surface area contributed by atoms with Gasteiger partial charge in [0.1, 0.15) is 0 Å². The molecule has 5 heteroatoms. The summed E-state index contributed by atoms with van der Waals surface area (Å²) in [4.78, 5) is 2.36. The molecule has 0 unspecified atom stereocenters. The number of hydrogen-bond donors (Lipinski definition) is 0. The zero-order valence-corrected chi connectivity index (χ0v) is 9.07. The molecule has 1 aliphatic heterocycles. The number of rotatable bonds is 4. The molecule has 3 nitrogen and oxygen atoms in total. The molecule has 0 N–H and O–H groups in total. The van der Waals surface area contributed by atoms with Crippen molar-refractivity contribution in [3.05, 3.63) is 11.5 Å². The SMILES string of the molecule is C=C(CCN1CCCC1)S(=O)(=O)Cl. The molecule has 0 aromatic heterocycles. The second-order valence-corrected chi connectivity index (χ2v) is 5.95. The summed E-state index contributed by atoms with van der Waals surface area (Å²) in [5.74, 6) is 0. The highest BCUT2D eigenvalue weighted by molar-refractivity contribution is 8.16. The lowest BCUT2D eigenvalue weighted by atomic mass is 10.4.